The second kappa shape index (κ2) is 29.6. The standard InChI is InChI=1S/C31H33ClFN7O2.C25H28Cl2N6O2.C12H17BFNO2.2CH4/c1-7-24(41)38-14-19(6)39(15-18(38)5)29-20-13-21(32)27(25-22(33)9-8-10-23(25)34)36-30(20)40(31(42)37-29)28-17(4)11-12-35-26(28)16(2)3;1-7-19(34)31-11-16(6)32(12-15(31)5)23-17-10-18(26)22(27)29-24(17)33(25(35)30-23)21-14(4)8-9-28-20(21)13(2)3;1-11(2)12(3,4)17-13(16-11)10-8(14)6-5-7-9(10)15;;/h7-13,16,18-19H,1,14-15,34H2,2-6H3;7-10,13,15-16H,1,11-12H2,2-6H3;5-7H,15H2,1-4H3;2*1H4/t18-,19+;15-,16+;;;/m11.../s1. The van der Waals surface area contributed by atoms with E-state index in [9.17, 15) is 23.6 Å². The fraction of sp³-hybridized carbons (Fsp3) is 0.400. The molecule has 510 valence electrons. The summed E-state index contributed by atoms with van der Waals surface area (Å²) >= 11 is 19.5. The van der Waals surface area contributed by atoms with Crippen molar-refractivity contribution in [2.24, 2.45) is 0 Å². The van der Waals surface area contributed by atoms with E-state index in [0.29, 0.717) is 77.0 Å². The zero-order valence-corrected chi connectivity index (χ0v) is 57.5. The van der Waals surface area contributed by atoms with Gasteiger partial charge in [0.2, 0.25) is 11.8 Å². The summed E-state index contributed by atoms with van der Waals surface area (Å²) in [7, 11) is -0.749. The molecule has 3 aliphatic heterocycles. The number of hydrogen-bond acceptors (Lipinski definition) is 16. The smallest absolute Gasteiger partial charge is 0.399 e. The monoisotopic (exact) mass is 1370 g/mol. The predicted octanol–water partition coefficient (Wildman–Crippen LogP) is 12.8. The molecule has 4 N–H and O–H groups in total. The highest BCUT2D eigenvalue weighted by Crippen LogP contribution is 2.41. The van der Waals surface area contributed by atoms with E-state index in [1.807, 2.05) is 119 Å². The van der Waals surface area contributed by atoms with E-state index in [-0.39, 0.29) is 106 Å². The van der Waals surface area contributed by atoms with Gasteiger partial charge < -0.3 is 40.4 Å². The topological polar surface area (TPSA) is 239 Å². The third kappa shape index (κ3) is 14.4. The number of carbonyl (C=O) groups excluding carboxylic acids is 2. The lowest BCUT2D eigenvalue weighted by atomic mass is 9.77. The summed E-state index contributed by atoms with van der Waals surface area (Å²) in [6.07, 6.45) is 6.05. The highest BCUT2D eigenvalue weighted by atomic mass is 35.5. The molecule has 4 atom stereocenters. The third-order valence-electron chi connectivity index (χ3n) is 17.7. The molecule has 0 bridgehead atoms. The largest absolute Gasteiger partial charge is 0.499 e. The summed E-state index contributed by atoms with van der Waals surface area (Å²) in [5.41, 5.74) is 15.8. The fourth-order valence-corrected chi connectivity index (χ4v) is 12.6. The zero-order valence-electron chi connectivity index (χ0n) is 55.2. The Bertz CT molecular complexity index is 4380. The van der Waals surface area contributed by atoms with Gasteiger partial charge in [-0.15, -0.1) is 0 Å². The van der Waals surface area contributed by atoms with Crippen LogP contribution in [0.2, 0.25) is 15.2 Å². The lowest BCUT2D eigenvalue weighted by Crippen LogP contribution is -2.58. The molecular formula is C70H86BCl3F2N14O6. The first-order valence-corrected chi connectivity index (χ1v) is 32.0. The summed E-state index contributed by atoms with van der Waals surface area (Å²) in [5, 5.41) is 1.61. The first kappa shape index (κ1) is 75.0. The van der Waals surface area contributed by atoms with Gasteiger partial charge >= 0.3 is 18.5 Å². The summed E-state index contributed by atoms with van der Waals surface area (Å²) in [6, 6.07) is 15.4. The molecular weight excluding hydrogens is 1290 g/mol. The van der Waals surface area contributed by atoms with Gasteiger partial charge in [0.15, 0.2) is 11.3 Å². The number of hydrogen-bond donors (Lipinski definition) is 2. The van der Waals surface area contributed by atoms with Crippen molar-refractivity contribution < 1.29 is 27.7 Å². The van der Waals surface area contributed by atoms with Crippen LogP contribution in [0, 0.1) is 25.5 Å². The van der Waals surface area contributed by atoms with Crippen LogP contribution in [0.3, 0.4) is 0 Å². The van der Waals surface area contributed by atoms with Crippen molar-refractivity contribution in [2.45, 2.75) is 159 Å². The highest BCUT2D eigenvalue weighted by Gasteiger charge is 2.53. The van der Waals surface area contributed by atoms with Gasteiger partial charge in [0.05, 0.1) is 66.0 Å². The van der Waals surface area contributed by atoms with Gasteiger partial charge in [-0.25, -0.2) is 37.5 Å². The summed E-state index contributed by atoms with van der Waals surface area (Å²) in [5.74, 6) is -0.385. The van der Waals surface area contributed by atoms with E-state index < -0.39 is 41.3 Å². The fourth-order valence-electron chi connectivity index (χ4n) is 12.0. The highest BCUT2D eigenvalue weighted by molar-refractivity contribution is 6.64. The van der Waals surface area contributed by atoms with Crippen LogP contribution in [0.1, 0.15) is 132 Å². The molecule has 3 saturated heterocycles. The number of aromatic nitrogens is 8. The van der Waals surface area contributed by atoms with Crippen LogP contribution < -0.4 is 38.1 Å². The number of amides is 2. The molecule has 3 fully saturated rings. The molecule has 3 aliphatic rings. The number of halogens is 5. The van der Waals surface area contributed by atoms with E-state index in [4.69, 9.17) is 60.6 Å². The Balaban J connectivity index is 0.000000217. The molecule has 0 spiro atoms. The summed E-state index contributed by atoms with van der Waals surface area (Å²) in [4.78, 5) is 87.6. The molecule has 2 aromatic carbocycles. The second-order valence-corrected chi connectivity index (χ2v) is 26.8. The van der Waals surface area contributed by atoms with Crippen LogP contribution in [0.4, 0.5) is 31.8 Å². The number of anilines is 4. The number of pyridine rings is 4. The Kier molecular flexibility index (Phi) is 23.1. The minimum absolute atomic E-state index is 0. The lowest BCUT2D eigenvalue weighted by Gasteiger charge is -2.44. The average Bonchev–Trinajstić information content (AvgIpc) is 1.08. The van der Waals surface area contributed by atoms with Crippen molar-refractivity contribution in [2.75, 3.05) is 47.4 Å². The molecule has 2 amide bonds. The Labute approximate surface area is 575 Å². The number of nitrogen functional groups attached to an aromatic ring is 2. The minimum atomic E-state index is -0.749. The number of aryl methyl sites for hydroxylation is 2. The predicted molar refractivity (Wildman–Crippen MR) is 385 cm³/mol. The number of nitrogens with zero attached hydrogens (tertiary/aromatic N) is 12. The van der Waals surface area contributed by atoms with E-state index >= 15 is 4.39 Å². The zero-order chi connectivity index (χ0) is 68.9. The Morgan fingerprint density at radius 3 is 1.46 bits per heavy atom. The molecule has 6 aromatic heterocycles. The van der Waals surface area contributed by atoms with Crippen LogP contribution >= 0.6 is 34.8 Å². The van der Waals surface area contributed by atoms with Crippen molar-refractivity contribution in [3.63, 3.8) is 0 Å². The van der Waals surface area contributed by atoms with E-state index in [0.717, 1.165) is 16.8 Å². The van der Waals surface area contributed by atoms with Gasteiger partial charge in [0, 0.05) is 79.6 Å². The number of rotatable bonds is 10. The van der Waals surface area contributed by atoms with Gasteiger partial charge in [-0.05, 0) is 153 Å². The van der Waals surface area contributed by atoms with Crippen LogP contribution in [0.25, 0.3) is 44.7 Å². The van der Waals surface area contributed by atoms with Gasteiger partial charge in [-0.1, -0.05) is 103 Å². The second-order valence-electron chi connectivity index (χ2n) is 25.6. The van der Waals surface area contributed by atoms with E-state index in [1.54, 1.807) is 52.5 Å². The number of fused-ring (bicyclic) bond motifs is 2. The summed E-state index contributed by atoms with van der Waals surface area (Å²) < 4.78 is 43.3. The molecule has 0 radical (unpaired) electrons. The van der Waals surface area contributed by atoms with Crippen molar-refractivity contribution in [3.8, 4) is 22.6 Å². The minimum Gasteiger partial charge on any atom is -0.399 e. The first-order valence-electron chi connectivity index (χ1n) is 30.9. The van der Waals surface area contributed by atoms with Crippen LogP contribution in [-0.4, -0.2) is 129 Å². The quantitative estimate of drug-likeness (QED) is 0.0560. The van der Waals surface area contributed by atoms with Crippen LogP contribution in [0.5, 0.6) is 0 Å². The average molecular weight is 1370 g/mol. The Hall–Kier alpha value is -8.35. The number of benzene rings is 2. The van der Waals surface area contributed by atoms with Crippen LogP contribution in [0.15, 0.2) is 108 Å². The lowest BCUT2D eigenvalue weighted by molar-refractivity contribution is -0.129. The molecule has 11 rings (SSSR count). The van der Waals surface area contributed by atoms with Crippen molar-refractivity contribution in [1.29, 1.82) is 0 Å². The molecule has 96 heavy (non-hydrogen) atoms. The molecule has 0 unspecified atom stereocenters. The van der Waals surface area contributed by atoms with Gasteiger partial charge in [0.25, 0.3) is 0 Å². The molecule has 9 heterocycles. The van der Waals surface area contributed by atoms with Crippen molar-refractivity contribution >= 4 is 104 Å². The molecule has 8 aromatic rings. The number of carbonyl (C=O) groups is 2. The van der Waals surface area contributed by atoms with E-state index in [2.05, 4.69) is 38.1 Å². The number of nitrogens with two attached hydrogens (primary N) is 2. The van der Waals surface area contributed by atoms with Gasteiger partial charge in [-0.2, -0.15) is 9.97 Å². The molecule has 0 saturated carbocycles. The maximum absolute atomic E-state index is 15.1. The molecule has 0 aliphatic carbocycles. The first-order chi connectivity index (χ1) is 44.2. The maximum Gasteiger partial charge on any atom is 0.499 e. The maximum atomic E-state index is 15.1. The van der Waals surface area contributed by atoms with Crippen LogP contribution in [-0.2, 0) is 18.9 Å². The summed E-state index contributed by atoms with van der Waals surface area (Å²) in [6.45, 7) is 36.3. The van der Waals surface area contributed by atoms with E-state index in [1.165, 1.54) is 39.5 Å². The van der Waals surface area contributed by atoms with Gasteiger partial charge in [0.1, 0.15) is 28.4 Å². The Morgan fingerprint density at radius 1 is 0.625 bits per heavy atom. The number of piperazine rings is 2. The molecule has 26 heteroatoms. The normalized spacial score (nSPS) is 18.1. The van der Waals surface area contributed by atoms with Gasteiger partial charge in [-0.3, -0.25) is 19.6 Å². The SMILES string of the molecule is C.C.C=CC(=O)N1C[C@H](C)N(c2nc(=O)n(-c3c(C)ccnc3C(C)C)c3nc(-c4c(N)cccc4F)c(Cl)cc23)C[C@H]1C.C=CC(=O)N1C[C@H](C)N(c2nc(=O)n(-c3c(C)ccnc3C(C)C)c3nc(Cl)c(Cl)cc23)C[C@H]1C.CC1(C)OB(c2c(N)cccc2F)OC1(C)C. The van der Waals surface area contributed by atoms with Crippen molar-refractivity contribution in [3.05, 3.63) is 169 Å². The third-order valence-corrected chi connectivity index (χ3v) is 18.7. The molecule has 20 nitrogen and oxygen atoms in total. The Morgan fingerprint density at radius 2 is 1.04 bits per heavy atom. The van der Waals surface area contributed by atoms with Crippen molar-refractivity contribution in [1.82, 2.24) is 48.8 Å².